The summed E-state index contributed by atoms with van der Waals surface area (Å²) in [5.74, 6) is 0.606. The molecule has 0 aliphatic rings. The Kier molecular flexibility index (Phi) is 7.90. The molecule has 0 fully saturated rings. The lowest BCUT2D eigenvalue weighted by Gasteiger charge is -2.15. The van der Waals surface area contributed by atoms with Gasteiger partial charge in [-0.1, -0.05) is 98.3 Å². The van der Waals surface area contributed by atoms with Gasteiger partial charge in [-0.15, -0.1) is 0 Å². The summed E-state index contributed by atoms with van der Waals surface area (Å²) in [6, 6.07) is 31.8. The number of ether oxygens (including phenoxy) is 2. The molecule has 3 heteroatoms. The Hall–Kier alpha value is -3.85. The Morgan fingerprint density at radius 3 is 1.72 bits per heavy atom. The molecule has 0 saturated carbocycles. The molecule has 3 nitrogen and oxygen atoms in total. The summed E-state index contributed by atoms with van der Waals surface area (Å²) in [5.41, 5.74) is 9.59. The summed E-state index contributed by atoms with van der Waals surface area (Å²) in [5, 5.41) is 0. The van der Waals surface area contributed by atoms with Crippen molar-refractivity contribution >= 4 is 5.97 Å². The first kappa shape index (κ1) is 25.2. The van der Waals surface area contributed by atoms with E-state index in [1.165, 1.54) is 38.9 Å². The van der Waals surface area contributed by atoms with Gasteiger partial charge in [0.25, 0.3) is 0 Å². The van der Waals surface area contributed by atoms with Gasteiger partial charge in [-0.3, -0.25) is 0 Å². The fourth-order valence-corrected chi connectivity index (χ4v) is 4.10. The molecule has 1 atom stereocenters. The SMILES string of the molecule is Cc1ccc(-c2ccc(-c3ccc(-c4ccc(O[C@@H](C)C(=O)OCC(C)C)cc4)c(C)c3)cc2)cc1. The van der Waals surface area contributed by atoms with Crippen molar-refractivity contribution in [1.29, 1.82) is 0 Å². The molecule has 4 rings (SSSR count). The molecule has 0 saturated heterocycles. The van der Waals surface area contributed by atoms with Gasteiger partial charge in [0.1, 0.15) is 5.75 Å². The molecule has 4 aromatic carbocycles. The number of esters is 1. The van der Waals surface area contributed by atoms with Crippen LogP contribution in [0.1, 0.15) is 31.9 Å². The summed E-state index contributed by atoms with van der Waals surface area (Å²) in [6.07, 6.45) is -0.645. The first-order chi connectivity index (χ1) is 17.3. The van der Waals surface area contributed by atoms with Crippen molar-refractivity contribution in [3.63, 3.8) is 0 Å². The van der Waals surface area contributed by atoms with E-state index < -0.39 is 6.10 Å². The number of hydrogen-bond acceptors (Lipinski definition) is 3. The first-order valence-electron chi connectivity index (χ1n) is 12.5. The maximum absolute atomic E-state index is 12.1. The zero-order valence-electron chi connectivity index (χ0n) is 21.7. The Labute approximate surface area is 214 Å². The molecule has 0 unspecified atom stereocenters. The summed E-state index contributed by atoms with van der Waals surface area (Å²) in [7, 11) is 0. The van der Waals surface area contributed by atoms with E-state index >= 15 is 0 Å². The highest BCUT2D eigenvalue weighted by Gasteiger charge is 2.17. The number of hydrogen-bond donors (Lipinski definition) is 0. The second kappa shape index (κ2) is 11.3. The van der Waals surface area contributed by atoms with E-state index in [2.05, 4.69) is 80.6 Å². The van der Waals surface area contributed by atoms with Crippen molar-refractivity contribution < 1.29 is 14.3 Å². The van der Waals surface area contributed by atoms with Crippen molar-refractivity contribution in [3.05, 3.63) is 102 Å². The zero-order valence-corrected chi connectivity index (χ0v) is 21.7. The molecule has 0 aromatic heterocycles. The van der Waals surface area contributed by atoms with Gasteiger partial charge >= 0.3 is 5.97 Å². The normalized spacial score (nSPS) is 11.8. The standard InChI is InChI=1S/C33H34O3/c1-22(2)21-35-33(34)25(5)36-31-17-14-29(15-18-31)32-19-16-30(20-24(32)4)28-12-10-27(11-13-28)26-8-6-23(3)7-9-26/h6-20,22,25H,21H2,1-5H3/t25-/m0/s1. The Balaban J connectivity index is 1.44. The van der Waals surface area contributed by atoms with Gasteiger partial charge in [-0.2, -0.15) is 0 Å². The lowest BCUT2D eigenvalue weighted by atomic mass is 9.94. The molecule has 0 amide bonds. The van der Waals surface area contributed by atoms with E-state index in [9.17, 15) is 4.79 Å². The van der Waals surface area contributed by atoms with Crippen LogP contribution in [0.3, 0.4) is 0 Å². The van der Waals surface area contributed by atoms with Crippen LogP contribution in [-0.4, -0.2) is 18.7 Å². The third-order valence-electron chi connectivity index (χ3n) is 6.20. The van der Waals surface area contributed by atoms with Gasteiger partial charge in [0, 0.05) is 0 Å². The van der Waals surface area contributed by atoms with Crippen LogP contribution < -0.4 is 4.74 Å². The molecule has 0 radical (unpaired) electrons. The highest BCUT2D eigenvalue weighted by molar-refractivity contribution is 5.76. The quantitative estimate of drug-likeness (QED) is 0.239. The molecule has 36 heavy (non-hydrogen) atoms. The van der Waals surface area contributed by atoms with Crippen LogP contribution >= 0.6 is 0 Å². The number of rotatable bonds is 8. The van der Waals surface area contributed by atoms with E-state index in [-0.39, 0.29) is 5.97 Å². The molecule has 0 aliphatic carbocycles. The predicted molar refractivity (Wildman–Crippen MR) is 148 cm³/mol. The number of carbonyl (C=O) groups is 1. The molecular formula is C33H34O3. The van der Waals surface area contributed by atoms with Gasteiger partial charge in [-0.25, -0.2) is 4.79 Å². The molecular weight excluding hydrogens is 444 g/mol. The first-order valence-corrected chi connectivity index (χ1v) is 12.5. The van der Waals surface area contributed by atoms with E-state index in [4.69, 9.17) is 9.47 Å². The molecule has 0 aliphatic heterocycles. The maximum atomic E-state index is 12.1. The van der Waals surface area contributed by atoms with Crippen LogP contribution in [0.2, 0.25) is 0 Å². The van der Waals surface area contributed by atoms with Gasteiger partial charge in [0.15, 0.2) is 6.10 Å². The van der Waals surface area contributed by atoms with Gasteiger partial charge in [-0.05, 0) is 77.8 Å². The lowest BCUT2D eigenvalue weighted by Crippen LogP contribution is -2.27. The molecule has 0 bridgehead atoms. The minimum absolute atomic E-state index is 0.299. The monoisotopic (exact) mass is 478 g/mol. The highest BCUT2D eigenvalue weighted by atomic mass is 16.6. The Bertz CT molecular complexity index is 1300. The number of carbonyl (C=O) groups excluding carboxylic acids is 1. The van der Waals surface area contributed by atoms with E-state index in [1.807, 2.05) is 38.1 Å². The second-order valence-corrected chi connectivity index (χ2v) is 9.78. The second-order valence-electron chi connectivity index (χ2n) is 9.78. The third-order valence-corrected chi connectivity index (χ3v) is 6.20. The maximum Gasteiger partial charge on any atom is 0.347 e. The van der Waals surface area contributed by atoms with Crippen molar-refractivity contribution in [1.82, 2.24) is 0 Å². The van der Waals surface area contributed by atoms with Crippen LogP contribution in [0.5, 0.6) is 5.75 Å². The largest absolute Gasteiger partial charge is 0.479 e. The summed E-state index contributed by atoms with van der Waals surface area (Å²) >= 11 is 0. The minimum atomic E-state index is -0.645. The number of benzene rings is 4. The van der Waals surface area contributed by atoms with Crippen molar-refractivity contribution in [2.45, 2.75) is 40.7 Å². The van der Waals surface area contributed by atoms with Crippen LogP contribution in [0, 0.1) is 19.8 Å². The van der Waals surface area contributed by atoms with Crippen LogP contribution in [0.15, 0.2) is 91.0 Å². The Morgan fingerprint density at radius 1 is 0.667 bits per heavy atom. The predicted octanol–water partition coefficient (Wildman–Crippen LogP) is 8.27. The van der Waals surface area contributed by atoms with Gasteiger partial charge < -0.3 is 9.47 Å². The molecule has 0 heterocycles. The molecule has 4 aromatic rings. The van der Waals surface area contributed by atoms with Crippen LogP contribution in [0.4, 0.5) is 0 Å². The van der Waals surface area contributed by atoms with Crippen molar-refractivity contribution in [3.8, 4) is 39.1 Å². The smallest absolute Gasteiger partial charge is 0.347 e. The fourth-order valence-electron chi connectivity index (χ4n) is 4.10. The van der Waals surface area contributed by atoms with Crippen LogP contribution in [0.25, 0.3) is 33.4 Å². The van der Waals surface area contributed by atoms with E-state index in [0.29, 0.717) is 18.3 Å². The minimum Gasteiger partial charge on any atom is -0.479 e. The van der Waals surface area contributed by atoms with Gasteiger partial charge in [0.05, 0.1) is 6.61 Å². The van der Waals surface area contributed by atoms with E-state index in [0.717, 1.165) is 5.56 Å². The summed E-state index contributed by atoms with van der Waals surface area (Å²) < 4.78 is 11.0. The van der Waals surface area contributed by atoms with Crippen LogP contribution in [-0.2, 0) is 9.53 Å². The lowest BCUT2D eigenvalue weighted by molar-refractivity contribution is -0.152. The van der Waals surface area contributed by atoms with Gasteiger partial charge in [0.2, 0.25) is 0 Å². The number of aryl methyl sites for hydroxylation is 2. The molecule has 0 N–H and O–H groups in total. The van der Waals surface area contributed by atoms with E-state index in [1.54, 1.807) is 6.92 Å². The van der Waals surface area contributed by atoms with Crippen molar-refractivity contribution in [2.24, 2.45) is 5.92 Å². The fraction of sp³-hybridized carbons (Fsp3) is 0.242. The average molecular weight is 479 g/mol. The molecule has 0 spiro atoms. The third kappa shape index (κ3) is 6.23. The average Bonchev–Trinajstić information content (AvgIpc) is 2.88. The zero-order chi connectivity index (χ0) is 25.7. The highest BCUT2D eigenvalue weighted by Crippen LogP contribution is 2.31. The topological polar surface area (TPSA) is 35.5 Å². The van der Waals surface area contributed by atoms with Crippen molar-refractivity contribution in [2.75, 3.05) is 6.61 Å². The Morgan fingerprint density at radius 2 is 1.17 bits per heavy atom. The molecule has 184 valence electrons. The summed E-state index contributed by atoms with van der Waals surface area (Å²) in [4.78, 5) is 12.1. The summed E-state index contributed by atoms with van der Waals surface area (Å²) in [6.45, 7) is 10.4.